The van der Waals surface area contributed by atoms with Crippen molar-refractivity contribution in [2.45, 2.75) is 31.4 Å². The van der Waals surface area contributed by atoms with E-state index in [-0.39, 0.29) is 5.60 Å². The fourth-order valence-corrected chi connectivity index (χ4v) is 4.05. The number of morpholine rings is 1. The van der Waals surface area contributed by atoms with E-state index in [1.807, 2.05) is 17.9 Å². The summed E-state index contributed by atoms with van der Waals surface area (Å²) in [6.07, 6.45) is 7.72. The van der Waals surface area contributed by atoms with Crippen molar-refractivity contribution in [3.8, 4) is 0 Å². The molecule has 1 aromatic rings. The molecule has 6 nitrogen and oxygen atoms in total. The van der Waals surface area contributed by atoms with Crippen LogP contribution in [0.3, 0.4) is 0 Å². The molecule has 2 heterocycles. The van der Waals surface area contributed by atoms with Crippen molar-refractivity contribution >= 4 is 0 Å². The third-order valence-corrected chi connectivity index (χ3v) is 5.35. The molecular weight excluding hydrogens is 304 g/mol. The highest BCUT2D eigenvalue weighted by atomic mass is 16.5. The molecular formula is C18H32N4O2. The van der Waals surface area contributed by atoms with E-state index in [1.165, 1.54) is 18.4 Å². The topological polar surface area (TPSA) is 42.8 Å². The summed E-state index contributed by atoms with van der Waals surface area (Å²) in [5, 5.41) is 4.28. The Morgan fingerprint density at radius 1 is 1.46 bits per heavy atom. The zero-order valence-corrected chi connectivity index (χ0v) is 15.4. The van der Waals surface area contributed by atoms with E-state index < -0.39 is 0 Å². The van der Waals surface area contributed by atoms with Gasteiger partial charge in [0.1, 0.15) is 0 Å². The number of rotatable bonds is 7. The lowest BCUT2D eigenvalue weighted by atomic mass is 9.89. The van der Waals surface area contributed by atoms with Gasteiger partial charge in [0.15, 0.2) is 0 Å². The average Bonchev–Trinajstić information content (AvgIpc) is 3.11. The third-order valence-electron chi connectivity index (χ3n) is 5.35. The highest BCUT2D eigenvalue weighted by Gasteiger charge is 2.46. The van der Waals surface area contributed by atoms with Gasteiger partial charge < -0.3 is 14.4 Å². The van der Waals surface area contributed by atoms with E-state index >= 15 is 0 Å². The van der Waals surface area contributed by atoms with Gasteiger partial charge in [-0.05, 0) is 26.9 Å². The number of aryl methyl sites for hydroxylation is 1. The molecule has 1 saturated carbocycles. The number of nitrogens with zero attached hydrogens (tertiary/aromatic N) is 4. The van der Waals surface area contributed by atoms with Crippen LogP contribution in [0.5, 0.6) is 0 Å². The van der Waals surface area contributed by atoms with Crippen molar-refractivity contribution in [1.82, 2.24) is 19.6 Å². The lowest BCUT2D eigenvalue weighted by molar-refractivity contribution is -0.143. The summed E-state index contributed by atoms with van der Waals surface area (Å²) in [6, 6.07) is 0. The van der Waals surface area contributed by atoms with E-state index in [0.29, 0.717) is 5.92 Å². The lowest BCUT2D eigenvalue weighted by Gasteiger charge is -2.44. The van der Waals surface area contributed by atoms with E-state index in [1.54, 1.807) is 0 Å². The summed E-state index contributed by atoms with van der Waals surface area (Å²) in [5.41, 5.74) is 1.28. The van der Waals surface area contributed by atoms with Gasteiger partial charge in [-0.2, -0.15) is 5.10 Å². The largest absolute Gasteiger partial charge is 0.380 e. The number of likely N-dealkylation sites (N-methyl/N-ethyl adjacent to an activating group) is 1. The van der Waals surface area contributed by atoms with Crippen LogP contribution in [0.25, 0.3) is 0 Å². The molecule has 3 rings (SSSR count). The van der Waals surface area contributed by atoms with Crippen LogP contribution in [-0.2, 0) is 23.1 Å². The summed E-state index contributed by atoms with van der Waals surface area (Å²) in [7, 11) is 6.14. The Hall–Kier alpha value is -0.950. The van der Waals surface area contributed by atoms with Gasteiger partial charge in [-0.1, -0.05) is 6.42 Å². The van der Waals surface area contributed by atoms with Crippen LogP contribution in [0.1, 0.15) is 24.8 Å². The minimum Gasteiger partial charge on any atom is -0.380 e. The Labute approximate surface area is 145 Å². The highest BCUT2D eigenvalue weighted by Crippen LogP contribution is 2.41. The number of hydrogen-bond acceptors (Lipinski definition) is 5. The summed E-state index contributed by atoms with van der Waals surface area (Å²) in [4.78, 5) is 4.69. The Bertz CT molecular complexity index is 519. The van der Waals surface area contributed by atoms with Gasteiger partial charge in [0, 0.05) is 50.9 Å². The van der Waals surface area contributed by atoms with E-state index in [9.17, 15) is 0 Å². The van der Waals surface area contributed by atoms with Gasteiger partial charge in [0.25, 0.3) is 0 Å². The second kappa shape index (κ2) is 7.95. The van der Waals surface area contributed by atoms with Gasteiger partial charge in [0.2, 0.25) is 0 Å². The monoisotopic (exact) mass is 336 g/mol. The fourth-order valence-electron chi connectivity index (χ4n) is 4.05. The molecule has 2 aliphatic rings. The molecule has 1 aliphatic carbocycles. The van der Waals surface area contributed by atoms with Crippen LogP contribution < -0.4 is 0 Å². The van der Waals surface area contributed by atoms with Gasteiger partial charge in [-0.25, -0.2) is 0 Å². The third kappa shape index (κ3) is 4.36. The van der Waals surface area contributed by atoms with Crippen molar-refractivity contribution in [2.24, 2.45) is 13.0 Å². The molecule has 2 atom stereocenters. The number of ether oxygens (including phenoxy) is 2. The number of hydrogen-bond donors (Lipinski definition) is 0. The Kier molecular flexibility index (Phi) is 5.92. The first-order valence-electron chi connectivity index (χ1n) is 9.14. The quantitative estimate of drug-likeness (QED) is 0.704. The molecule has 0 bridgehead atoms. The van der Waals surface area contributed by atoms with E-state index in [2.05, 4.69) is 35.2 Å². The molecule has 0 aromatic carbocycles. The van der Waals surface area contributed by atoms with Crippen molar-refractivity contribution < 1.29 is 9.47 Å². The van der Waals surface area contributed by atoms with Crippen molar-refractivity contribution in [3.05, 3.63) is 18.0 Å². The summed E-state index contributed by atoms with van der Waals surface area (Å²) in [6.45, 7) is 6.43. The molecule has 1 aromatic heterocycles. The molecule has 24 heavy (non-hydrogen) atoms. The summed E-state index contributed by atoms with van der Waals surface area (Å²) < 4.78 is 14.2. The fraction of sp³-hybridized carbons (Fsp3) is 0.833. The zero-order valence-electron chi connectivity index (χ0n) is 15.4. The van der Waals surface area contributed by atoms with Crippen LogP contribution >= 0.6 is 0 Å². The molecule has 1 aliphatic heterocycles. The van der Waals surface area contributed by atoms with Gasteiger partial charge in [-0.3, -0.25) is 9.58 Å². The van der Waals surface area contributed by atoms with Crippen LogP contribution in [0.15, 0.2) is 12.4 Å². The second-order valence-electron chi connectivity index (χ2n) is 7.61. The van der Waals surface area contributed by atoms with Gasteiger partial charge in [0.05, 0.1) is 31.6 Å². The van der Waals surface area contributed by atoms with Crippen molar-refractivity contribution in [2.75, 3.05) is 53.6 Å². The maximum atomic E-state index is 6.34. The lowest BCUT2D eigenvalue weighted by Crippen LogP contribution is -2.54. The Morgan fingerprint density at radius 2 is 2.33 bits per heavy atom. The molecule has 0 unspecified atom stereocenters. The average molecular weight is 336 g/mol. The Balaban J connectivity index is 1.54. The van der Waals surface area contributed by atoms with Gasteiger partial charge >= 0.3 is 0 Å². The van der Waals surface area contributed by atoms with Crippen LogP contribution in [0, 0.1) is 5.92 Å². The first kappa shape index (κ1) is 17.9. The van der Waals surface area contributed by atoms with Crippen molar-refractivity contribution in [3.63, 3.8) is 0 Å². The zero-order chi connectivity index (χ0) is 17.0. The molecule has 0 amide bonds. The molecule has 0 N–H and O–H groups in total. The molecule has 136 valence electrons. The van der Waals surface area contributed by atoms with Gasteiger partial charge in [-0.15, -0.1) is 0 Å². The molecule has 1 spiro atoms. The highest BCUT2D eigenvalue weighted by molar-refractivity contribution is 5.05. The predicted molar refractivity (Wildman–Crippen MR) is 93.9 cm³/mol. The number of aromatic nitrogens is 2. The normalized spacial score (nSPS) is 28.2. The molecule has 2 fully saturated rings. The Morgan fingerprint density at radius 3 is 3.08 bits per heavy atom. The van der Waals surface area contributed by atoms with E-state index in [0.717, 1.165) is 52.4 Å². The van der Waals surface area contributed by atoms with E-state index in [4.69, 9.17) is 9.47 Å². The maximum Gasteiger partial charge on any atom is 0.0859 e. The molecule has 1 saturated heterocycles. The maximum absolute atomic E-state index is 6.34. The van der Waals surface area contributed by atoms with Crippen LogP contribution in [-0.4, -0.2) is 78.7 Å². The van der Waals surface area contributed by atoms with Crippen molar-refractivity contribution in [1.29, 1.82) is 0 Å². The first-order chi connectivity index (χ1) is 11.6. The molecule has 6 heteroatoms. The minimum atomic E-state index is -0.00141. The molecule has 0 radical (unpaired) electrons. The van der Waals surface area contributed by atoms with Crippen LogP contribution in [0.2, 0.25) is 0 Å². The SMILES string of the molecule is CN(C)CCOC[C@@H]1CCC[C@@]12CN(Cc1cnn(C)c1)CCO2. The minimum absolute atomic E-state index is 0.00141. The first-order valence-corrected chi connectivity index (χ1v) is 9.14. The predicted octanol–water partition coefficient (Wildman–Crippen LogP) is 1.37. The van der Waals surface area contributed by atoms with Crippen LogP contribution in [0.4, 0.5) is 0 Å². The smallest absolute Gasteiger partial charge is 0.0859 e. The summed E-state index contributed by atoms with van der Waals surface area (Å²) in [5.74, 6) is 0.524. The second-order valence-corrected chi connectivity index (χ2v) is 7.61. The summed E-state index contributed by atoms with van der Waals surface area (Å²) >= 11 is 0. The standard InChI is InChI=1S/C18H32N4O2/c1-20(2)7-9-23-14-17-5-4-6-18(17)15-22(8-10-24-18)13-16-11-19-21(3)12-16/h11-12,17H,4-10,13-15H2,1-3H3/t17-,18+/m0/s1.